The minimum atomic E-state index is -4.41. The molecular weight excluding hydrogens is 389 g/mol. The molecule has 0 aliphatic carbocycles. The van der Waals surface area contributed by atoms with E-state index in [1.54, 1.807) is 18.5 Å². The Morgan fingerprint density at radius 1 is 1.14 bits per heavy atom. The second-order valence-corrected chi connectivity index (χ2v) is 6.54. The van der Waals surface area contributed by atoms with Crippen LogP contribution < -0.4 is 5.32 Å². The van der Waals surface area contributed by atoms with Crippen molar-refractivity contribution in [2.45, 2.75) is 12.1 Å². The molecule has 1 saturated heterocycles. The molecule has 1 amide bonds. The highest BCUT2D eigenvalue weighted by Crippen LogP contribution is 2.30. The minimum absolute atomic E-state index is 0.00108. The van der Waals surface area contributed by atoms with Crippen LogP contribution in [0.4, 0.5) is 18.9 Å². The zero-order chi connectivity index (χ0) is 20.4. The van der Waals surface area contributed by atoms with Crippen molar-refractivity contribution in [1.29, 1.82) is 0 Å². The summed E-state index contributed by atoms with van der Waals surface area (Å²) in [5, 5.41) is 6.45. The van der Waals surface area contributed by atoms with Gasteiger partial charge in [0.05, 0.1) is 18.0 Å². The van der Waals surface area contributed by atoms with Crippen molar-refractivity contribution in [2.75, 3.05) is 25.0 Å². The molecule has 1 aliphatic rings. The van der Waals surface area contributed by atoms with Crippen LogP contribution in [-0.2, 0) is 11.0 Å². The summed E-state index contributed by atoms with van der Waals surface area (Å²) < 4.78 is 42.9. The van der Waals surface area contributed by atoms with Gasteiger partial charge in [0.2, 0.25) is 23.4 Å². The van der Waals surface area contributed by atoms with Gasteiger partial charge in [0, 0.05) is 31.2 Å². The number of amides is 1. The Morgan fingerprint density at radius 3 is 2.48 bits per heavy atom. The molecule has 8 nitrogen and oxygen atoms in total. The van der Waals surface area contributed by atoms with Crippen molar-refractivity contribution in [1.82, 2.24) is 25.0 Å². The van der Waals surface area contributed by atoms with Crippen molar-refractivity contribution in [2.24, 2.45) is 0 Å². The average Bonchev–Trinajstić information content (AvgIpc) is 3.14. The molecule has 1 N–H and O–H groups in total. The van der Waals surface area contributed by atoms with Gasteiger partial charge >= 0.3 is 6.18 Å². The van der Waals surface area contributed by atoms with E-state index in [-0.39, 0.29) is 18.4 Å². The smallest absolute Gasteiger partial charge is 0.338 e. The lowest BCUT2D eigenvalue weighted by Gasteiger charge is -2.36. The number of alkyl halides is 3. The highest BCUT2D eigenvalue weighted by molar-refractivity contribution is 5.92. The van der Waals surface area contributed by atoms with Crippen LogP contribution >= 0.6 is 0 Å². The van der Waals surface area contributed by atoms with E-state index in [1.165, 1.54) is 12.1 Å². The minimum Gasteiger partial charge on any atom is -0.338 e. The molecule has 150 valence electrons. The second-order valence-electron chi connectivity index (χ2n) is 6.54. The maximum absolute atomic E-state index is 12.6. The molecule has 3 heterocycles. The van der Waals surface area contributed by atoms with Crippen LogP contribution in [0, 0.1) is 0 Å². The van der Waals surface area contributed by atoms with Gasteiger partial charge in [-0.15, -0.1) is 0 Å². The summed E-state index contributed by atoms with van der Waals surface area (Å²) in [6, 6.07) is 6.00. The first-order valence-corrected chi connectivity index (χ1v) is 8.69. The van der Waals surface area contributed by atoms with Gasteiger partial charge in [-0.05, 0) is 30.3 Å². The van der Waals surface area contributed by atoms with Crippen LogP contribution in [0.15, 0.2) is 47.2 Å². The van der Waals surface area contributed by atoms with Crippen molar-refractivity contribution in [3.63, 3.8) is 0 Å². The Bertz CT molecular complexity index is 985. The van der Waals surface area contributed by atoms with Crippen molar-refractivity contribution in [3.8, 4) is 11.6 Å². The molecule has 0 bridgehead atoms. The van der Waals surface area contributed by atoms with Crippen molar-refractivity contribution >= 4 is 11.6 Å². The number of carbonyl (C=O) groups is 1. The van der Waals surface area contributed by atoms with E-state index in [0.717, 1.165) is 12.1 Å². The molecule has 29 heavy (non-hydrogen) atoms. The fraction of sp³-hybridized carbons (Fsp3) is 0.278. The SMILES string of the molecule is O=C(CN1CC(c2nc(-c3ncccn3)no2)C1)Nc1ccc(C(F)(F)F)cc1. The standard InChI is InChI=1S/C18H15F3N6O2/c19-18(20,21)12-2-4-13(5-3-12)24-14(28)10-27-8-11(9-27)17-25-16(26-29-17)15-22-6-1-7-23-15/h1-7,11H,8-10H2,(H,24,28). The first-order valence-electron chi connectivity index (χ1n) is 8.69. The summed E-state index contributed by atoms with van der Waals surface area (Å²) in [5.41, 5.74) is -0.453. The van der Waals surface area contributed by atoms with Crippen LogP contribution in [0.1, 0.15) is 17.4 Å². The van der Waals surface area contributed by atoms with Crippen LogP contribution in [-0.4, -0.2) is 50.5 Å². The lowest BCUT2D eigenvalue weighted by Crippen LogP contribution is -2.48. The summed E-state index contributed by atoms with van der Waals surface area (Å²) in [5.74, 6) is 0.812. The van der Waals surface area contributed by atoms with Gasteiger partial charge in [-0.3, -0.25) is 9.69 Å². The van der Waals surface area contributed by atoms with E-state index in [2.05, 4.69) is 25.4 Å². The summed E-state index contributed by atoms with van der Waals surface area (Å²) in [6.45, 7) is 1.22. The predicted octanol–water partition coefficient (Wildman–Crippen LogP) is 2.58. The molecule has 0 unspecified atom stereocenters. The monoisotopic (exact) mass is 404 g/mol. The van der Waals surface area contributed by atoms with E-state index in [0.29, 0.717) is 36.3 Å². The van der Waals surface area contributed by atoms with E-state index < -0.39 is 11.7 Å². The van der Waals surface area contributed by atoms with Crippen molar-refractivity contribution < 1.29 is 22.5 Å². The van der Waals surface area contributed by atoms with Gasteiger partial charge in [-0.1, -0.05) is 5.16 Å². The molecule has 1 aliphatic heterocycles. The molecule has 4 rings (SSSR count). The fourth-order valence-electron chi connectivity index (χ4n) is 2.91. The van der Waals surface area contributed by atoms with Gasteiger partial charge in [0.25, 0.3) is 0 Å². The molecule has 3 aromatic rings. The molecule has 1 aromatic carbocycles. The second kappa shape index (κ2) is 7.59. The molecule has 0 radical (unpaired) electrons. The number of nitrogens with one attached hydrogen (secondary N) is 1. The lowest BCUT2D eigenvalue weighted by atomic mass is 10.0. The molecular formula is C18H15F3N6O2. The van der Waals surface area contributed by atoms with Crippen LogP contribution in [0.3, 0.4) is 0 Å². The van der Waals surface area contributed by atoms with Crippen LogP contribution in [0.5, 0.6) is 0 Å². The number of rotatable bonds is 5. The topological polar surface area (TPSA) is 97.0 Å². The molecule has 11 heteroatoms. The van der Waals surface area contributed by atoms with Gasteiger partial charge in [0.1, 0.15) is 0 Å². The van der Waals surface area contributed by atoms with E-state index in [9.17, 15) is 18.0 Å². The first-order chi connectivity index (χ1) is 13.9. The lowest BCUT2D eigenvalue weighted by molar-refractivity contribution is -0.137. The number of likely N-dealkylation sites (tertiary alicyclic amines) is 1. The molecule has 0 spiro atoms. The van der Waals surface area contributed by atoms with Crippen molar-refractivity contribution in [3.05, 3.63) is 54.2 Å². The number of carbonyl (C=O) groups excluding carboxylic acids is 1. The summed E-state index contributed by atoms with van der Waals surface area (Å²) in [7, 11) is 0. The third-order valence-electron chi connectivity index (χ3n) is 4.38. The number of hydrogen-bond acceptors (Lipinski definition) is 7. The van der Waals surface area contributed by atoms with E-state index >= 15 is 0 Å². The number of hydrogen-bond donors (Lipinski definition) is 1. The fourth-order valence-corrected chi connectivity index (χ4v) is 2.91. The Morgan fingerprint density at radius 2 is 1.83 bits per heavy atom. The largest absolute Gasteiger partial charge is 0.416 e. The maximum Gasteiger partial charge on any atom is 0.416 e. The quantitative estimate of drug-likeness (QED) is 0.698. The van der Waals surface area contributed by atoms with Gasteiger partial charge < -0.3 is 9.84 Å². The number of aromatic nitrogens is 4. The number of benzene rings is 1. The zero-order valence-corrected chi connectivity index (χ0v) is 14.9. The zero-order valence-electron chi connectivity index (χ0n) is 14.9. The Labute approximate surface area is 162 Å². The summed E-state index contributed by atoms with van der Waals surface area (Å²) >= 11 is 0. The normalized spacial score (nSPS) is 15.1. The predicted molar refractivity (Wildman–Crippen MR) is 94.6 cm³/mol. The summed E-state index contributed by atoms with van der Waals surface area (Å²) in [6.07, 6.45) is -1.24. The highest BCUT2D eigenvalue weighted by Gasteiger charge is 2.34. The Kier molecular flexibility index (Phi) is 4.97. The maximum atomic E-state index is 12.6. The third kappa shape index (κ3) is 4.40. The van der Waals surface area contributed by atoms with E-state index in [1.807, 2.05) is 4.90 Å². The Balaban J connectivity index is 1.26. The van der Waals surface area contributed by atoms with Gasteiger partial charge in [0.15, 0.2) is 0 Å². The van der Waals surface area contributed by atoms with E-state index in [4.69, 9.17) is 4.52 Å². The number of nitrogens with zero attached hydrogens (tertiary/aromatic N) is 5. The number of anilines is 1. The highest BCUT2D eigenvalue weighted by atomic mass is 19.4. The molecule has 0 atom stereocenters. The number of halogens is 3. The summed E-state index contributed by atoms with van der Waals surface area (Å²) in [4.78, 5) is 26.4. The average molecular weight is 404 g/mol. The Hall–Kier alpha value is -3.34. The molecule has 2 aromatic heterocycles. The first kappa shape index (κ1) is 19.0. The molecule has 1 fully saturated rings. The van der Waals surface area contributed by atoms with Crippen LogP contribution in [0.25, 0.3) is 11.6 Å². The van der Waals surface area contributed by atoms with Gasteiger partial charge in [-0.25, -0.2) is 9.97 Å². The van der Waals surface area contributed by atoms with Gasteiger partial charge in [-0.2, -0.15) is 18.2 Å². The molecule has 0 saturated carbocycles. The van der Waals surface area contributed by atoms with Crippen LogP contribution in [0.2, 0.25) is 0 Å². The third-order valence-corrected chi connectivity index (χ3v) is 4.38.